The van der Waals surface area contributed by atoms with Crippen molar-refractivity contribution < 1.29 is 19.1 Å². The number of carbonyl (C=O) groups is 2. The highest BCUT2D eigenvalue weighted by molar-refractivity contribution is 6.32. The number of hydrogen-bond donors (Lipinski definition) is 4. The lowest BCUT2D eigenvalue weighted by atomic mass is 10.0. The number of rotatable bonds is 3. The van der Waals surface area contributed by atoms with Crippen molar-refractivity contribution in [2.24, 2.45) is 11.7 Å². The average Bonchev–Trinajstić information content (AvgIpc) is 2.89. The number of aromatic nitrogens is 1. The molecule has 0 radical (unpaired) electrons. The highest BCUT2D eigenvalue weighted by Crippen LogP contribution is 2.32. The second-order valence-corrected chi connectivity index (χ2v) is 4.78. The van der Waals surface area contributed by atoms with Crippen LogP contribution in [0.5, 0.6) is 5.75 Å². The first-order valence-electron chi connectivity index (χ1n) is 5.76. The van der Waals surface area contributed by atoms with Gasteiger partial charge in [0.2, 0.25) is 11.8 Å². The molecule has 0 saturated carbocycles. The molecule has 0 bridgehead atoms. The predicted octanol–water partition coefficient (Wildman–Crippen LogP) is -0.0184. The summed E-state index contributed by atoms with van der Waals surface area (Å²) in [5.41, 5.74) is 5.13. The van der Waals surface area contributed by atoms with Crippen LogP contribution in [0.15, 0.2) is 6.20 Å². The Labute approximate surface area is 118 Å². The van der Waals surface area contributed by atoms with E-state index in [2.05, 4.69) is 15.6 Å². The Kier molecular flexibility index (Phi) is 4.05. The Bertz CT molecular complexity index is 569. The van der Waals surface area contributed by atoms with Gasteiger partial charge >= 0.3 is 0 Å². The van der Waals surface area contributed by atoms with Crippen LogP contribution < -0.4 is 16.4 Å². The van der Waals surface area contributed by atoms with Gasteiger partial charge in [-0.15, -0.1) is 0 Å². The van der Waals surface area contributed by atoms with Gasteiger partial charge in [-0.3, -0.25) is 9.59 Å². The maximum atomic E-state index is 13.0. The van der Waals surface area contributed by atoms with E-state index >= 15 is 0 Å². The van der Waals surface area contributed by atoms with Gasteiger partial charge in [0.15, 0.2) is 17.4 Å². The number of halogens is 2. The Morgan fingerprint density at radius 2 is 2.30 bits per heavy atom. The molecule has 1 aliphatic rings. The molecule has 9 heteroatoms. The van der Waals surface area contributed by atoms with Crippen molar-refractivity contribution in [1.29, 1.82) is 0 Å². The summed E-state index contributed by atoms with van der Waals surface area (Å²) in [5.74, 6) is -3.27. The fourth-order valence-electron chi connectivity index (χ4n) is 1.92. The molecule has 1 aromatic heterocycles. The van der Waals surface area contributed by atoms with Crippen LogP contribution >= 0.6 is 11.6 Å². The Morgan fingerprint density at radius 3 is 2.90 bits per heavy atom. The van der Waals surface area contributed by atoms with Crippen molar-refractivity contribution in [3.63, 3.8) is 0 Å². The van der Waals surface area contributed by atoms with Crippen LogP contribution in [0.2, 0.25) is 5.02 Å². The van der Waals surface area contributed by atoms with E-state index in [1.165, 1.54) is 0 Å². The molecule has 1 saturated heterocycles. The van der Waals surface area contributed by atoms with Crippen LogP contribution in [0.1, 0.15) is 6.42 Å². The summed E-state index contributed by atoms with van der Waals surface area (Å²) in [5, 5.41) is 14.2. The molecule has 2 rings (SSSR count). The summed E-state index contributed by atoms with van der Waals surface area (Å²) in [4.78, 5) is 26.5. The lowest BCUT2D eigenvalue weighted by Crippen LogP contribution is -2.36. The number of pyridine rings is 1. The first-order valence-corrected chi connectivity index (χ1v) is 6.14. The van der Waals surface area contributed by atoms with Crippen LogP contribution in [0, 0.1) is 11.7 Å². The number of hydrogen-bond acceptors (Lipinski definition) is 5. The third-order valence-electron chi connectivity index (χ3n) is 3.04. The molecule has 0 aromatic carbocycles. The maximum Gasteiger partial charge on any atom is 0.234 e. The molecular weight excluding hydrogens is 291 g/mol. The molecule has 2 unspecified atom stereocenters. The van der Waals surface area contributed by atoms with Crippen LogP contribution in [-0.2, 0) is 9.59 Å². The quantitative estimate of drug-likeness (QED) is 0.626. The van der Waals surface area contributed by atoms with Crippen molar-refractivity contribution in [1.82, 2.24) is 10.3 Å². The van der Waals surface area contributed by atoms with Crippen molar-refractivity contribution >= 4 is 29.2 Å². The SMILES string of the molecule is NC(=O)C1CC(C(=O)Nc2ncc(F)c(Cl)c2O)CN1. The summed E-state index contributed by atoms with van der Waals surface area (Å²) >= 11 is 5.50. The molecular formula is C11H12ClFN4O3. The van der Waals surface area contributed by atoms with Gasteiger partial charge in [0.1, 0.15) is 5.02 Å². The van der Waals surface area contributed by atoms with E-state index in [0.29, 0.717) is 0 Å². The number of amides is 2. The van der Waals surface area contributed by atoms with Gasteiger partial charge in [-0.2, -0.15) is 0 Å². The van der Waals surface area contributed by atoms with Crippen molar-refractivity contribution in [2.45, 2.75) is 12.5 Å². The van der Waals surface area contributed by atoms with Crippen LogP contribution in [0.25, 0.3) is 0 Å². The second kappa shape index (κ2) is 5.59. The number of nitrogens with zero attached hydrogens (tertiary/aromatic N) is 1. The zero-order valence-corrected chi connectivity index (χ0v) is 10.9. The molecule has 2 atom stereocenters. The number of nitrogens with two attached hydrogens (primary N) is 1. The normalized spacial score (nSPS) is 21.7. The lowest BCUT2D eigenvalue weighted by molar-refractivity contribution is -0.120. The van der Waals surface area contributed by atoms with Crippen LogP contribution in [-0.4, -0.2) is 34.5 Å². The van der Waals surface area contributed by atoms with Gasteiger partial charge in [0.05, 0.1) is 18.2 Å². The Balaban J connectivity index is 2.06. The zero-order chi connectivity index (χ0) is 14.9. The minimum Gasteiger partial charge on any atom is -0.503 e. The molecule has 0 aliphatic carbocycles. The number of carbonyl (C=O) groups excluding carboxylic acids is 2. The van der Waals surface area contributed by atoms with Crippen LogP contribution in [0.3, 0.4) is 0 Å². The molecule has 1 aromatic rings. The fraction of sp³-hybridized carbons (Fsp3) is 0.364. The highest BCUT2D eigenvalue weighted by atomic mass is 35.5. The largest absolute Gasteiger partial charge is 0.503 e. The molecule has 2 heterocycles. The van der Waals surface area contributed by atoms with E-state index in [-0.39, 0.29) is 18.8 Å². The summed E-state index contributed by atoms with van der Waals surface area (Å²) in [6, 6.07) is -0.566. The summed E-state index contributed by atoms with van der Waals surface area (Å²) in [7, 11) is 0. The molecule has 1 aliphatic heterocycles. The molecule has 1 fully saturated rings. The standard InChI is InChI=1S/C11H12ClFN4O3/c12-7-5(13)3-16-10(8(7)18)17-11(20)4-1-6(9(14)19)15-2-4/h3-4,6,15,18H,1-2H2,(H2,14,19)(H,16,17,20). The number of nitrogens with one attached hydrogen (secondary N) is 2. The van der Waals surface area contributed by atoms with E-state index in [9.17, 15) is 19.1 Å². The van der Waals surface area contributed by atoms with Crippen LogP contribution in [0.4, 0.5) is 10.2 Å². The van der Waals surface area contributed by atoms with Crippen molar-refractivity contribution in [2.75, 3.05) is 11.9 Å². The van der Waals surface area contributed by atoms with Crippen molar-refractivity contribution in [3.05, 3.63) is 17.0 Å². The number of anilines is 1. The summed E-state index contributed by atoms with van der Waals surface area (Å²) in [6.07, 6.45) is 1.04. The monoisotopic (exact) mass is 302 g/mol. The first kappa shape index (κ1) is 14.5. The van der Waals surface area contributed by atoms with Gasteiger partial charge in [-0.25, -0.2) is 9.37 Å². The molecule has 108 valence electrons. The van der Waals surface area contributed by atoms with E-state index in [0.717, 1.165) is 6.20 Å². The molecule has 7 nitrogen and oxygen atoms in total. The zero-order valence-electron chi connectivity index (χ0n) is 10.2. The van der Waals surface area contributed by atoms with Crippen molar-refractivity contribution in [3.8, 4) is 5.75 Å². The fourth-order valence-corrected chi connectivity index (χ4v) is 2.06. The molecule has 5 N–H and O–H groups in total. The van der Waals surface area contributed by atoms with E-state index in [1.54, 1.807) is 0 Å². The molecule has 20 heavy (non-hydrogen) atoms. The summed E-state index contributed by atoms with van der Waals surface area (Å²) < 4.78 is 13.0. The van der Waals surface area contributed by atoms with Gasteiger partial charge in [0.25, 0.3) is 0 Å². The number of primary amides is 1. The van der Waals surface area contributed by atoms with Gasteiger partial charge in [0, 0.05) is 6.54 Å². The number of aromatic hydroxyl groups is 1. The maximum absolute atomic E-state index is 13.0. The topological polar surface area (TPSA) is 117 Å². The first-order chi connectivity index (χ1) is 9.40. The minimum atomic E-state index is -0.890. The van der Waals surface area contributed by atoms with E-state index < -0.39 is 40.4 Å². The minimum absolute atomic E-state index is 0.232. The van der Waals surface area contributed by atoms with Gasteiger partial charge in [-0.1, -0.05) is 11.6 Å². The Hall–Kier alpha value is -1.93. The summed E-state index contributed by atoms with van der Waals surface area (Å²) in [6.45, 7) is 0.273. The lowest BCUT2D eigenvalue weighted by Gasteiger charge is -2.11. The third kappa shape index (κ3) is 2.81. The highest BCUT2D eigenvalue weighted by Gasteiger charge is 2.33. The van der Waals surface area contributed by atoms with E-state index in [1.807, 2.05) is 0 Å². The average molecular weight is 303 g/mol. The smallest absolute Gasteiger partial charge is 0.234 e. The van der Waals surface area contributed by atoms with Gasteiger partial charge < -0.3 is 21.5 Å². The Morgan fingerprint density at radius 1 is 1.60 bits per heavy atom. The second-order valence-electron chi connectivity index (χ2n) is 4.40. The third-order valence-corrected chi connectivity index (χ3v) is 3.40. The van der Waals surface area contributed by atoms with E-state index in [4.69, 9.17) is 17.3 Å². The molecule has 0 spiro atoms. The molecule has 2 amide bonds. The van der Waals surface area contributed by atoms with Gasteiger partial charge in [-0.05, 0) is 6.42 Å². The predicted molar refractivity (Wildman–Crippen MR) is 68.6 cm³/mol.